The number of ether oxygens (including phenoxy) is 1. The molecule has 0 amide bonds. The average molecular weight is 426 g/mol. The van der Waals surface area contributed by atoms with Crippen LogP contribution in [0.25, 0.3) is 0 Å². The number of hydrazone groups is 1. The molecule has 2 N–H and O–H groups in total. The van der Waals surface area contributed by atoms with Crippen molar-refractivity contribution in [3.63, 3.8) is 0 Å². The number of nitrogens with one attached hydrogen (secondary N) is 1. The number of anilines is 1. The lowest BCUT2D eigenvalue weighted by molar-refractivity contribution is 0.414. The van der Waals surface area contributed by atoms with E-state index in [9.17, 15) is 5.11 Å². The standard InChI is InChI=1S/C24H31N3O2S/c1-7-10-27(5)19-12-16(8-9-21(19)29-6)22-23(25-26-24(22)30)18-13-17(14(2)3)15(4)11-20(18)28/h8-9,11-14,22,28H,7,10H2,1-6H3,(H,26,30). The number of thiocarbonyl (C=S) groups is 1. The molecule has 30 heavy (non-hydrogen) atoms. The smallest absolute Gasteiger partial charge is 0.142 e. The Bertz CT molecular complexity index is 985. The van der Waals surface area contributed by atoms with Gasteiger partial charge in [-0.1, -0.05) is 39.1 Å². The normalized spacial score (nSPS) is 15.9. The van der Waals surface area contributed by atoms with Crippen molar-refractivity contribution in [1.82, 2.24) is 5.43 Å². The van der Waals surface area contributed by atoms with Gasteiger partial charge in [0.2, 0.25) is 0 Å². The van der Waals surface area contributed by atoms with Gasteiger partial charge >= 0.3 is 0 Å². The summed E-state index contributed by atoms with van der Waals surface area (Å²) in [5.41, 5.74) is 8.75. The van der Waals surface area contributed by atoms with Gasteiger partial charge in [0, 0.05) is 19.2 Å². The maximum absolute atomic E-state index is 10.7. The first-order chi connectivity index (χ1) is 14.3. The molecule has 0 spiro atoms. The molecule has 0 fully saturated rings. The number of aryl methyl sites for hydroxylation is 1. The zero-order valence-corrected chi connectivity index (χ0v) is 19.4. The van der Waals surface area contributed by atoms with E-state index in [1.807, 2.05) is 31.2 Å². The van der Waals surface area contributed by atoms with E-state index in [1.165, 1.54) is 5.56 Å². The Morgan fingerprint density at radius 1 is 1.27 bits per heavy atom. The van der Waals surface area contributed by atoms with Gasteiger partial charge in [-0.25, -0.2) is 0 Å². The third kappa shape index (κ3) is 4.15. The van der Waals surface area contributed by atoms with Crippen LogP contribution < -0.4 is 15.1 Å². The molecule has 1 unspecified atom stereocenters. The number of phenols is 1. The quantitative estimate of drug-likeness (QED) is 0.605. The molecule has 0 radical (unpaired) electrons. The van der Waals surface area contributed by atoms with Gasteiger partial charge in [-0.15, -0.1) is 0 Å². The summed E-state index contributed by atoms with van der Waals surface area (Å²) in [4.78, 5) is 2.82. The van der Waals surface area contributed by atoms with Gasteiger partial charge in [-0.2, -0.15) is 5.10 Å². The zero-order valence-electron chi connectivity index (χ0n) is 18.6. The lowest BCUT2D eigenvalue weighted by Crippen LogP contribution is -2.22. The van der Waals surface area contributed by atoms with Crippen molar-refractivity contribution < 1.29 is 9.84 Å². The van der Waals surface area contributed by atoms with Crippen molar-refractivity contribution in [1.29, 1.82) is 0 Å². The van der Waals surface area contributed by atoms with Crippen LogP contribution in [0, 0.1) is 6.92 Å². The number of phenolic OH excluding ortho intramolecular Hbond substituents is 1. The molecule has 160 valence electrons. The number of nitrogens with zero attached hydrogens (tertiary/aromatic N) is 2. The third-order valence-corrected chi connectivity index (χ3v) is 5.94. The van der Waals surface area contributed by atoms with Crippen molar-refractivity contribution in [2.24, 2.45) is 5.10 Å². The van der Waals surface area contributed by atoms with Crippen LogP contribution in [0.4, 0.5) is 5.69 Å². The van der Waals surface area contributed by atoms with Crippen LogP contribution in [0.1, 0.15) is 61.3 Å². The molecule has 1 atom stereocenters. The molecule has 2 aromatic rings. The summed E-state index contributed by atoms with van der Waals surface area (Å²) in [5.74, 6) is 1.17. The monoisotopic (exact) mass is 425 g/mol. The lowest BCUT2D eigenvalue weighted by Gasteiger charge is -2.23. The van der Waals surface area contributed by atoms with Crippen molar-refractivity contribution >= 4 is 28.6 Å². The third-order valence-electron chi connectivity index (χ3n) is 5.61. The van der Waals surface area contributed by atoms with E-state index < -0.39 is 0 Å². The molecule has 5 nitrogen and oxygen atoms in total. The highest BCUT2D eigenvalue weighted by Gasteiger charge is 2.32. The number of methoxy groups -OCH3 is 1. The second-order valence-electron chi connectivity index (χ2n) is 8.14. The molecule has 6 heteroatoms. The first-order valence-electron chi connectivity index (χ1n) is 10.4. The summed E-state index contributed by atoms with van der Waals surface area (Å²) in [6.45, 7) is 9.40. The lowest BCUT2D eigenvalue weighted by atomic mass is 9.86. The van der Waals surface area contributed by atoms with Gasteiger partial charge in [0.1, 0.15) is 16.5 Å². The van der Waals surface area contributed by atoms with Crippen LogP contribution in [-0.2, 0) is 0 Å². The van der Waals surface area contributed by atoms with Gasteiger partial charge in [-0.3, -0.25) is 5.43 Å². The highest BCUT2D eigenvalue weighted by Crippen LogP contribution is 2.37. The predicted molar refractivity (Wildman–Crippen MR) is 128 cm³/mol. The fourth-order valence-corrected chi connectivity index (χ4v) is 4.36. The minimum absolute atomic E-state index is 0.226. The Morgan fingerprint density at radius 2 is 2.00 bits per heavy atom. The summed E-state index contributed by atoms with van der Waals surface area (Å²) in [7, 11) is 3.75. The Hall–Kier alpha value is -2.60. The molecule has 2 aromatic carbocycles. The largest absolute Gasteiger partial charge is 0.507 e. The Balaban J connectivity index is 2.08. The van der Waals surface area contributed by atoms with Gasteiger partial charge in [0.25, 0.3) is 0 Å². The van der Waals surface area contributed by atoms with E-state index in [-0.39, 0.29) is 11.7 Å². The minimum Gasteiger partial charge on any atom is -0.507 e. The Morgan fingerprint density at radius 3 is 2.63 bits per heavy atom. The molecule has 0 saturated carbocycles. The fourth-order valence-electron chi connectivity index (χ4n) is 4.07. The van der Waals surface area contributed by atoms with Crippen molar-refractivity contribution in [2.75, 3.05) is 25.6 Å². The molecular weight excluding hydrogens is 394 g/mol. The zero-order chi connectivity index (χ0) is 22.0. The molecule has 3 rings (SSSR count). The number of hydrogen-bond donors (Lipinski definition) is 2. The molecule has 1 aliphatic heterocycles. The van der Waals surface area contributed by atoms with Crippen molar-refractivity contribution in [2.45, 2.75) is 46.0 Å². The average Bonchev–Trinajstić information content (AvgIpc) is 3.08. The summed E-state index contributed by atoms with van der Waals surface area (Å²) in [5, 5.41) is 15.2. The predicted octanol–water partition coefficient (Wildman–Crippen LogP) is 5.10. The summed E-state index contributed by atoms with van der Waals surface area (Å²) < 4.78 is 5.58. The van der Waals surface area contributed by atoms with Crippen LogP contribution in [0.15, 0.2) is 35.4 Å². The maximum atomic E-state index is 10.7. The summed E-state index contributed by atoms with van der Waals surface area (Å²) in [6.07, 6.45) is 1.04. The van der Waals surface area contributed by atoms with Crippen LogP contribution >= 0.6 is 12.2 Å². The molecule has 0 aliphatic carbocycles. The molecule has 1 aliphatic rings. The van der Waals surface area contributed by atoms with Crippen molar-refractivity contribution in [3.8, 4) is 11.5 Å². The first kappa shape index (κ1) is 22.1. The van der Waals surface area contributed by atoms with Crippen LogP contribution in [-0.4, -0.2) is 36.5 Å². The van der Waals surface area contributed by atoms with Gasteiger partial charge in [0.05, 0.1) is 24.4 Å². The Labute approximate surface area is 184 Å². The second kappa shape index (κ2) is 9.04. The van der Waals surface area contributed by atoms with Crippen LogP contribution in [0.2, 0.25) is 0 Å². The van der Waals surface area contributed by atoms with E-state index in [0.717, 1.165) is 46.8 Å². The molecule has 1 heterocycles. The van der Waals surface area contributed by atoms with Gasteiger partial charge in [0.15, 0.2) is 0 Å². The number of aromatic hydroxyl groups is 1. The summed E-state index contributed by atoms with van der Waals surface area (Å²) >= 11 is 5.62. The fraction of sp³-hybridized carbons (Fsp3) is 0.417. The van der Waals surface area contributed by atoms with E-state index in [1.54, 1.807) is 7.11 Å². The topological polar surface area (TPSA) is 57.1 Å². The SMILES string of the molecule is CCCN(C)c1cc(C2C(=S)NN=C2c2cc(C(C)C)c(C)cc2O)ccc1OC. The maximum Gasteiger partial charge on any atom is 0.142 e. The number of hydrogen-bond acceptors (Lipinski definition) is 5. The molecule has 0 aromatic heterocycles. The van der Waals surface area contributed by atoms with Crippen LogP contribution in [0.5, 0.6) is 11.5 Å². The first-order valence-corrected chi connectivity index (χ1v) is 10.8. The van der Waals surface area contributed by atoms with E-state index in [0.29, 0.717) is 10.9 Å². The van der Waals surface area contributed by atoms with Crippen LogP contribution in [0.3, 0.4) is 0 Å². The number of benzene rings is 2. The van der Waals surface area contributed by atoms with Gasteiger partial charge < -0.3 is 14.7 Å². The molecule has 0 bridgehead atoms. The highest BCUT2D eigenvalue weighted by atomic mass is 32.1. The summed E-state index contributed by atoms with van der Waals surface area (Å²) in [6, 6.07) is 9.98. The minimum atomic E-state index is -0.228. The second-order valence-corrected chi connectivity index (χ2v) is 8.58. The molecule has 0 saturated heterocycles. The van der Waals surface area contributed by atoms with E-state index in [4.69, 9.17) is 17.0 Å². The van der Waals surface area contributed by atoms with Gasteiger partial charge in [-0.05, 0) is 60.2 Å². The number of rotatable bonds is 7. The van der Waals surface area contributed by atoms with Crippen molar-refractivity contribution in [3.05, 3.63) is 52.6 Å². The van der Waals surface area contributed by atoms with E-state index in [2.05, 4.69) is 49.3 Å². The highest BCUT2D eigenvalue weighted by molar-refractivity contribution is 7.80. The van der Waals surface area contributed by atoms with E-state index >= 15 is 0 Å². The molecular formula is C24H31N3O2S. The Kier molecular flexibility index (Phi) is 6.66.